The first-order chi connectivity index (χ1) is 16.2. The highest BCUT2D eigenvalue weighted by Crippen LogP contribution is 2.68. The summed E-state index contributed by atoms with van der Waals surface area (Å²) in [5.74, 6) is 2.15. The van der Waals surface area contributed by atoms with Crippen LogP contribution in [0.15, 0.2) is 29.3 Å². The van der Waals surface area contributed by atoms with E-state index in [0.29, 0.717) is 17.8 Å². The van der Waals surface area contributed by atoms with Crippen molar-refractivity contribution >= 4 is 22.9 Å². The lowest BCUT2D eigenvalue weighted by atomic mass is 9.47. The van der Waals surface area contributed by atoms with E-state index >= 15 is 0 Å². The lowest BCUT2D eigenvalue weighted by Gasteiger charge is -2.58. The van der Waals surface area contributed by atoms with Crippen molar-refractivity contribution < 1.29 is 10.2 Å². The van der Waals surface area contributed by atoms with Crippen LogP contribution in [0, 0.1) is 34.5 Å². The Morgan fingerprint density at radius 2 is 1.91 bits per heavy atom. The molecule has 0 spiro atoms. The fourth-order valence-electron chi connectivity index (χ4n) is 9.00. The van der Waals surface area contributed by atoms with Crippen molar-refractivity contribution in [2.24, 2.45) is 34.5 Å². The van der Waals surface area contributed by atoms with Crippen LogP contribution in [0.2, 0.25) is 0 Å². The van der Waals surface area contributed by atoms with Crippen molar-refractivity contribution in [1.82, 2.24) is 19.5 Å². The largest absolute Gasteiger partial charge is 0.393 e. The number of nitrogens with zero attached hydrogens (tertiary/aromatic N) is 4. The molecule has 0 aliphatic heterocycles. The number of imidazole rings is 1. The molecule has 2 N–H and O–H groups in total. The molecule has 6 nitrogen and oxygen atoms in total. The third kappa shape index (κ3) is 3.05. The maximum absolute atomic E-state index is 12.1. The lowest BCUT2D eigenvalue weighted by Crippen LogP contribution is -2.53. The van der Waals surface area contributed by atoms with Crippen LogP contribution in [0.5, 0.6) is 0 Å². The standard InChI is InChI=1S/C27H38N4O2S/c1-25-11-9-17(32)13-16(25)5-6-18-19-7-8-21(26(19,2)12-10-20(18)25)27(3,33)31-15-30-22-23(31)28-14-29-24(22)34-4/h5,14-15,17-21,32-33H,6-13H2,1-4H3/t17-,18-,19-,20-,21-,25-,26-,27?/m0/s1. The molecular weight excluding hydrogens is 444 g/mol. The molecule has 2 aromatic rings. The second kappa shape index (κ2) is 7.78. The minimum Gasteiger partial charge on any atom is -0.393 e. The summed E-state index contributed by atoms with van der Waals surface area (Å²) in [5.41, 5.74) is 2.30. The Morgan fingerprint density at radius 3 is 2.71 bits per heavy atom. The monoisotopic (exact) mass is 482 g/mol. The molecule has 0 aromatic carbocycles. The van der Waals surface area contributed by atoms with Crippen LogP contribution in [-0.2, 0) is 5.72 Å². The summed E-state index contributed by atoms with van der Waals surface area (Å²) in [4.78, 5) is 13.5. The predicted molar refractivity (Wildman–Crippen MR) is 134 cm³/mol. The van der Waals surface area contributed by atoms with E-state index in [1.54, 1.807) is 24.4 Å². The van der Waals surface area contributed by atoms with Crippen LogP contribution in [0.25, 0.3) is 11.2 Å². The molecule has 3 fully saturated rings. The Bertz CT molecular complexity index is 1140. The molecule has 184 valence electrons. The number of thioether (sulfide) groups is 1. The summed E-state index contributed by atoms with van der Waals surface area (Å²) in [6.45, 7) is 6.91. The van der Waals surface area contributed by atoms with Gasteiger partial charge >= 0.3 is 0 Å². The van der Waals surface area contributed by atoms with Gasteiger partial charge in [0.25, 0.3) is 0 Å². The summed E-state index contributed by atoms with van der Waals surface area (Å²) in [6.07, 6.45) is 16.3. The quantitative estimate of drug-likeness (QED) is 0.357. The van der Waals surface area contributed by atoms with E-state index in [1.807, 2.05) is 17.7 Å². The van der Waals surface area contributed by atoms with E-state index in [2.05, 4.69) is 34.9 Å². The molecule has 34 heavy (non-hydrogen) atoms. The van der Waals surface area contributed by atoms with Crippen molar-refractivity contribution in [2.75, 3.05) is 6.26 Å². The van der Waals surface area contributed by atoms with Crippen molar-refractivity contribution in [3.05, 3.63) is 24.3 Å². The van der Waals surface area contributed by atoms with E-state index in [4.69, 9.17) is 0 Å². The number of aliphatic hydroxyl groups excluding tert-OH is 1. The molecule has 4 aliphatic rings. The molecule has 0 saturated heterocycles. The summed E-state index contributed by atoms with van der Waals surface area (Å²) < 4.78 is 1.91. The predicted octanol–water partition coefficient (Wildman–Crippen LogP) is 5.15. The highest BCUT2D eigenvalue weighted by Gasteiger charge is 2.62. The first kappa shape index (κ1) is 23.0. The van der Waals surface area contributed by atoms with Crippen LogP contribution in [0.4, 0.5) is 0 Å². The van der Waals surface area contributed by atoms with Crippen LogP contribution in [0.1, 0.15) is 72.1 Å². The van der Waals surface area contributed by atoms with Crippen LogP contribution < -0.4 is 0 Å². The van der Waals surface area contributed by atoms with Gasteiger partial charge in [-0.2, -0.15) is 0 Å². The number of aliphatic hydroxyl groups is 2. The maximum Gasteiger partial charge on any atom is 0.166 e. The number of allylic oxidation sites excluding steroid dienone is 1. The Balaban J connectivity index is 1.34. The Hall–Kier alpha value is -1.44. The molecule has 3 saturated carbocycles. The average molecular weight is 483 g/mol. The van der Waals surface area contributed by atoms with Gasteiger partial charge in [-0.3, -0.25) is 4.57 Å². The highest BCUT2D eigenvalue weighted by molar-refractivity contribution is 7.98. The van der Waals surface area contributed by atoms with Gasteiger partial charge in [0.1, 0.15) is 22.6 Å². The molecule has 1 unspecified atom stereocenters. The Kier molecular flexibility index (Phi) is 5.26. The summed E-state index contributed by atoms with van der Waals surface area (Å²) >= 11 is 1.56. The molecule has 0 amide bonds. The fourth-order valence-corrected chi connectivity index (χ4v) is 9.49. The van der Waals surface area contributed by atoms with E-state index in [9.17, 15) is 10.2 Å². The molecule has 2 aromatic heterocycles. The third-order valence-electron chi connectivity index (χ3n) is 10.7. The van der Waals surface area contributed by atoms with Gasteiger partial charge in [-0.05, 0) is 93.1 Å². The summed E-state index contributed by atoms with van der Waals surface area (Å²) in [5, 5.41) is 23.3. The van der Waals surface area contributed by atoms with Crippen molar-refractivity contribution in [3.8, 4) is 0 Å². The Morgan fingerprint density at radius 1 is 1.09 bits per heavy atom. The van der Waals surface area contributed by atoms with Crippen LogP contribution in [-0.4, -0.2) is 42.1 Å². The first-order valence-electron chi connectivity index (χ1n) is 13.0. The second-order valence-corrected chi connectivity index (χ2v) is 12.9. The zero-order valence-corrected chi connectivity index (χ0v) is 21.7. The zero-order valence-electron chi connectivity index (χ0n) is 20.9. The van der Waals surface area contributed by atoms with Crippen LogP contribution in [0.3, 0.4) is 0 Å². The maximum atomic E-state index is 12.1. The van der Waals surface area contributed by atoms with Crippen LogP contribution >= 0.6 is 11.8 Å². The minimum atomic E-state index is -1.05. The normalized spacial score (nSPS) is 41.4. The van der Waals surface area contributed by atoms with Gasteiger partial charge in [-0.1, -0.05) is 25.5 Å². The van der Waals surface area contributed by atoms with E-state index in [1.165, 1.54) is 18.4 Å². The summed E-state index contributed by atoms with van der Waals surface area (Å²) in [6, 6.07) is 0. The van der Waals surface area contributed by atoms with Gasteiger partial charge in [-0.25, -0.2) is 15.0 Å². The highest BCUT2D eigenvalue weighted by atomic mass is 32.2. The van der Waals surface area contributed by atoms with Gasteiger partial charge in [0.15, 0.2) is 5.65 Å². The molecule has 2 heterocycles. The van der Waals surface area contributed by atoms with E-state index < -0.39 is 5.72 Å². The number of aromatic nitrogens is 4. The molecule has 6 rings (SSSR count). The number of hydrogen-bond acceptors (Lipinski definition) is 6. The zero-order chi connectivity index (χ0) is 23.9. The molecular formula is C27H38N4O2S. The fraction of sp³-hybridized carbons (Fsp3) is 0.741. The third-order valence-corrected chi connectivity index (χ3v) is 11.4. The SMILES string of the molecule is CSc1ncnc2c1ncn2C(C)(O)[C@H]1CC[C@H]2[C@@H]3CC=C4C[C@@H](O)CC[C@]4(C)[C@H]3CC[C@]12C. The van der Waals surface area contributed by atoms with Gasteiger partial charge < -0.3 is 10.2 Å². The molecule has 8 atom stereocenters. The molecule has 7 heteroatoms. The number of fused-ring (bicyclic) bond motifs is 6. The van der Waals surface area contributed by atoms with E-state index in [0.717, 1.165) is 54.7 Å². The van der Waals surface area contributed by atoms with Gasteiger partial charge in [0.05, 0.1) is 12.4 Å². The average Bonchev–Trinajstić information content (AvgIpc) is 3.41. The lowest BCUT2D eigenvalue weighted by molar-refractivity contribution is -0.139. The van der Waals surface area contributed by atoms with Crippen molar-refractivity contribution in [3.63, 3.8) is 0 Å². The smallest absolute Gasteiger partial charge is 0.166 e. The van der Waals surface area contributed by atoms with Gasteiger partial charge in [-0.15, -0.1) is 11.8 Å². The van der Waals surface area contributed by atoms with Gasteiger partial charge in [0, 0.05) is 5.92 Å². The van der Waals surface area contributed by atoms with Gasteiger partial charge in [0.2, 0.25) is 0 Å². The molecule has 0 bridgehead atoms. The minimum absolute atomic E-state index is 0.0898. The summed E-state index contributed by atoms with van der Waals surface area (Å²) in [7, 11) is 0. The van der Waals surface area contributed by atoms with Crippen molar-refractivity contribution in [1.29, 1.82) is 0 Å². The second-order valence-electron chi connectivity index (χ2n) is 12.1. The number of hydrogen-bond donors (Lipinski definition) is 2. The van der Waals surface area contributed by atoms with Crippen molar-refractivity contribution in [2.45, 2.75) is 89.0 Å². The number of rotatable bonds is 3. The van der Waals surface area contributed by atoms with E-state index in [-0.39, 0.29) is 22.9 Å². The Labute approximate surface area is 206 Å². The molecule has 0 radical (unpaired) electrons. The topological polar surface area (TPSA) is 84.1 Å². The molecule has 4 aliphatic carbocycles. The first-order valence-corrected chi connectivity index (χ1v) is 14.2.